The molecule has 1 amide bonds. The average Bonchev–Trinajstić information content (AvgIpc) is 3.04. The number of carbonyl (C=O) groups excluding carboxylic acids is 1. The predicted molar refractivity (Wildman–Crippen MR) is 109 cm³/mol. The minimum Gasteiger partial charge on any atom is -0.497 e. The van der Waals surface area contributed by atoms with Crippen LogP contribution in [0.2, 0.25) is 0 Å². The number of methoxy groups -OCH3 is 1. The van der Waals surface area contributed by atoms with Gasteiger partial charge in [-0.15, -0.1) is 5.10 Å². The highest BCUT2D eigenvalue weighted by molar-refractivity contribution is 5.90. The van der Waals surface area contributed by atoms with E-state index in [-0.39, 0.29) is 12.5 Å². The van der Waals surface area contributed by atoms with Crippen LogP contribution in [-0.2, 0) is 11.3 Å². The van der Waals surface area contributed by atoms with Gasteiger partial charge >= 0.3 is 5.69 Å². The third kappa shape index (κ3) is 3.73. The van der Waals surface area contributed by atoms with Crippen molar-refractivity contribution in [1.29, 1.82) is 0 Å². The molecule has 8 heteroatoms. The molecule has 29 heavy (non-hydrogen) atoms. The molecule has 0 atom stereocenters. The number of rotatable bonds is 5. The van der Waals surface area contributed by atoms with Crippen LogP contribution < -0.4 is 15.7 Å². The van der Waals surface area contributed by atoms with Gasteiger partial charge in [-0.3, -0.25) is 4.79 Å². The van der Waals surface area contributed by atoms with E-state index < -0.39 is 5.69 Å². The maximum atomic E-state index is 12.7. The Bertz CT molecular complexity index is 1230. The minimum absolute atomic E-state index is 0.188. The summed E-state index contributed by atoms with van der Waals surface area (Å²) in [4.78, 5) is 29.5. The van der Waals surface area contributed by atoms with Crippen LogP contribution in [0.15, 0.2) is 65.5 Å². The molecule has 0 unspecified atom stereocenters. The summed E-state index contributed by atoms with van der Waals surface area (Å²) in [5.41, 5.74) is 2.24. The Morgan fingerprint density at radius 1 is 1.10 bits per heavy atom. The van der Waals surface area contributed by atoms with Crippen LogP contribution in [0.4, 0.5) is 5.69 Å². The van der Waals surface area contributed by atoms with Gasteiger partial charge in [0.15, 0.2) is 5.65 Å². The number of aryl methyl sites for hydroxylation is 1. The summed E-state index contributed by atoms with van der Waals surface area (Å²) in [6.45, 7) is 1.55. The third-order valence-electron chi connectivity index (χ3n) is 4.47. The highest BCUT2D eigenvalue weighted by Gasteiger charge is 2.15. The molecule has 2 aromatic carbocycles. The molecule has 0 bridgehead atoms. The molecule has 4 aromatic rings. The largest absolute Gasteiger partial charge is 0.497 e. The number of benzene rings is 2. The number of fused-ring (bicyclic) bond motifs is 1. The highest BCUT2D eigenvalue weighted by Crippen LogP contribution is 2.21. The Morgan fingerprint density at radius 3 is 2.52 bits per heavy atom. The van der Waals surface area contributed by atoms with Crippen molar-refractivity contribution in [3.05, 3.63) is 77.0 Å². The van der Waals surface area contributed by atoms with Gasteiger partial charge in [0.05, 0.1) is 12.8 Å². The van der Waals surface area contributed by atoms with Crippen LogP contribution in [0.3, 0.4) is 0 Å². The molecule has 146 valence electrons. The number of ether oxygens (including phenoxy) is 1. The molecule has 1 N–H and O–H groups in total. The standard InChI is InChI=1S/C21H19N5O3/c1-14-22-18(15-8-10-17(29-2)11-9-15)12-19-24-25(21(28)26(14)19)13-20(27)23-16-6-4-3-5-7-16/h3-12H,13H2,1-2H3,(H,23,27). The monoisotopic (exact) mass is 389 g/mol. The Balaban J connectivity index is 1.64. The van der Waals surface area contributed by atoms with E-state index in [0.717, 1.165) is 16.0 Å². The summed E-state index contributed by atoms with van der Waals surface area (Å²) >= 11 is 0. The number of amides is 1. The fraction of sp³-hybridized carbons (Fsp3) is 0.143. The van der Waals surface area contributed by atoms with Crippen molar-refractivity contribution in [3.8, 4) is 17.0 Å². The number of para-hydroxylation sites is 1. The van der Waals surface area contributed by atoms with Gasteiger partial charge in [0.2, 0.25) is 5.91 Å². The van der Waals surface area contributed by atoms with E-state index in [0.29, 0.717) is 22.9 Å². The van der Waals surface area contributed by atoms with E-state index in [2.05, 4.69) is 15.4 Å². The van der Waals surface area contributed by atoms with Crippen molar-refractivity contribution in [1.82, 2.24) is 19.2 Å². The van der Waals surface area contributed by atoms with Gasteiger partial charge in [0, 0.05) is 17.3 Å². The second-order valence-electron chi connectivity index (χ2n) is 6.47. The van der Waals surface area contributed by atoms with E-state index in [9.17, 15) is 9.59 Å². The maximum absolute atomic E-state index is 12.7. The predicted octanol–water partition coefficient (Wildman–Crippen LogP) is 2.51. The molecule has 0 aliphatic rings. The van der Waals surface area contributed by atoms with Crippen molar-refractivity contribution in [2.75, 3.05) is 12.4 Å². The first kappa shape index (κ1) is 18.4. The first-order valence-electron chi connectivity index (χ1n) is 9.02. The van der Waals surface area contributed by atoms with E-state index >= 15 is 0 Å². The zero-order chi connectivity index (χ0) is 20.4. The number of anilines is 1. The van der Waals surface area contributed by atoms with Crippen molar-refractivity contribution in [2.45, 2.75) is 13.5 Å². The van der Waals surface area contributed by atoms with E-state index in [1.807, 2.05) is 42.5 Å². The first-order chi connectivity index (χ1) is 14.0. The Morgan fingerprint density at radius 2 is 1.83 bits per heavy atom. The second kappa shape index (κ2) is 7.59. The van der Waals surface area contributed by atoms with Crippen LogP contribution in [0.1, 0.15) is 5.82 Å². The molecule has 0 aliphatic carbocycles. The number of nitrogens with one attached hydrogen (secondary N) is 1. The van der Waals surface area contributed by atoms with Crippen molar-refractivity contribution >= 4 is 17.2 Å². The lowest BCUT2D eigenvalue weighted by molar-refractivity contribution is -0.117. The van der Waals surface area contributed by atoms with E-state index in [4.69, 9.17) is 4.74 Å². The van der Waals surface area contributed by atoms with Crippen LogP contribution >= 0.6 is 0 Å². The lowest BCUT2D eigenvalue weighted by Gasteiger charge is -2.05. The Kier molecular flexibility index (Phi) is 4.82. The number of hydrogen-bond acceptors (Lipinski definition) is 5. The summed E-state index contributed by atoms with van der Waals surface area (Å²) in [6.07, 6.45) is 0. The average molecular weight is 389 g/mol. The van der Waals surface area contributed by atoms with E-state index in [1.165, 1.54) is 4.40 Å². The molecule has 0 saturated carbocycles. The molecule has 2 aromatic heterocycles. The molecular formula is C21H19N5O3. The van der Waals surface area contributed by atoms with Gasteiger partial charge in [0.25, 0.3) is 0 Å². The van der Waals surface area contributed by atoms with Gasteiger partial charge in [0.1, 0.15) is 18.1 Å². The fourth-order valence-corrected chi connectivity index (χ4v) is 3.07. The minimum atomic E-state index is -0.408. The zero-order valence-corrected chi connectivity index (χ0v) is 16.0. The SMILES string of the molecule is COc1ccc(-c2cc3nn(CC(=O)Nc4ccccc4)c(=O)n3c(C)n2)cc1. The number of carbonyl (C=O) groups is 1. The van der Waals surface area contributed by atoms with Crippen molar-refractivity contribution < 1.29 is 9.53 Å². The normalized spacial score (nSPS) is 10.8. The summed E-state index contributed by atoms with van der Waals surface area (Å²) in [7, 11) is 1.61. The summed E-state index contributed by atoms with van der Waals surface area (Å²) in [5, 5.41) is 7.07. The van der Waals surface area contributed by atoms with Gasteiger partial charge in [-0.25, -0.2) is 18.9 Å². The number of aromatic nitrogens is 4. The summed E-state index contributed by atoms with van der Waals surface area (Å²) < 4.78 is 7.71. The Hall–Kier alpha value is -3.94. The van der Waals surface area contributed by atoms with Crippen LogP contribution in [0.5, 0.6) is 5.75 Å². The van der Waals surface area contributed by atoms with Gasteiger partial charge in [-0.1, -0.05) is 18.2 Å². The molecule has 0 spiro atoms. The Labute approximate surface area is 166 Å². The van der Waals surface area contributed by atoms with Gasteiger partial charge in [-0.2, -0.15) is 0 Å². The molecule has 0 saturated heterocycles. The van der Waals surface area contributed by atoms with Crippen LogP contribution in [-0.4, -0.2) is 32.2 Å². The number of nitrogens with zero attached hydrogens (tertiary/aromatic N) is 4. The maximum Gasteiger partial charge on any atom is 0.352 e. The molecule has 0 radical (unpaired) electrons. The van der Waals surface area contributed by atoms with E-state index in [1.54, 1.807) is 32.2 Å². The number of hydrogen-bond donors (Lipinski definition) is 1. The second-order valence-corrected chi connectivity index (χ2v) is 6.47. The fourth-order valence-electron chi connectivity index (χ4n) is 3.07. The first-order valence-corrected chi connectivity index (χ1v) is 9.02. The van der Waals surface area contributed by atoms with Gasteiger partial charge < -0.3 is 10.1 Å². The molecule has 0 aliphatic heterocycles. The smallest absolute Gasteiger partial charge is 0.352 e. The highest BCUT2D eigenvalue weighted by atomic mass is 16.5. The molecule has 4 rings (SSSR count). The molecule has 0 fully saturated rings. The molecule has 8 nitrogen and oxygen atoms in total. The quantitative estimate of drug-likeness (QED) is 0.566. The molecular weight excluding hydrogens is 370 g/mol. The van der Waals surface area contributed by atoms with Crippen LogP contribution in [0.25, 0.3) is 16.9 Å². The summed E-state index contributed by atoms with van der Waals surface area (Å²) in [5.74, 6) is 0.909. The van der Waals surface area contributed by atoms with Crippen LogP contribution in [0, 0.1) is 6.92 Å². The topological polar surface area (TPSA) is 90.5 Å². The van der Waals surface area contributed by atoms with Crippen molar-refractivity contribution in [2.24, 2.45) is 0 Å². The summed E-state index contributed by atoms with van der Waals surface area (Å²) in [6, 6.07) is 18.2. The lowest BCUT2D eigenvalue weighted by atomic mass is 10.1. The zero-order valence-electron chi connectivity index (χ0n) is 16.0. The van der Waals surface area contributed by atoms with Gasteiger partial charge in [-0.05, 0) is 43.3 Å². The molecule has 2 heterocycles. The third-order valence-corrected chi connectivity index (χ3v) is 4.47. The lowest BCUT2D eigenvalue weighted by Crippen LogP contribution is -2.28. The van der Waals surface area contributed by atoms with Crippen molar-refractivity contribution in [3.63, 3.8) is 0 Å².